The van der Waals surface area contributed by atoms with Crippen molar-refractivity contribution in [2.75, 3.05) is 36.9 Å². The second-order valence-corrected chi connectivity index (χ2v) is 9.19. The smallest absolute Gasteiger partial charge is 0.230 e. The molecule has 1 aliphatic rings. The molecule has 156 valence electrons. The monoisotopic (exact) mass is 433 g/mol. The van der Waals surface area contributed by atoms with Crippen molar-refractivity contribution in [1.29, 1.82) is 0 Å². The van der Waals surface area contributed by atoms with Crippen LogP contribution >= 0.6 is 23.5 Å². The van der Waals surface area contributed by atoms with E-state index in [1.165, 1.54) is 28.8 Å². The molecular weight excluding hydrogens is 406 g/mol. The average molecular weight is 434 g/mol. The number of carbonyl (C=O) groups is 2. The van der Waals surface area contributed by atoms with Crippen molar-refractivity contribution in [3.05, 3.63) is 53.7 Å². The van der Waals surface area contributed by atoms with E-state index in [9.17, 15) is 9.59 Å². The first-order valence-electron chi connectivity index (χ1n) is 9.80. The average Bonchev–Trinajstić information content (AvgIpc) is 3.25. The Morgan fingerprint density at radius 3 is 2.90 bits per heavy atom. The maximum Gasteiger partial charge on any atom is 0.230 e. The molecule has 6 nitrogen and oxygen atoms in total. The van der Waals surface area contributed by atoms with Gasteiger partial charge < -0.3 is 9.73 Å². The van der Waals surface area contributed by atoms with E-state index in [-0.39, 0.29) is 18.2 Å². The number of thioether (sulfide) groups is 2. The minimum Gasteiger partial charge on any atom is -0.472 e. The molecule has 1 N–H and O–H groups in total. The molecule has 0 aliphatic carbocycles. The number of aryl methyl sites for hydroxylation is 1. The summed E-state index contributed by atoms with van der Waals surface area (Å²) in [6.07, 6.45) is 6.11. The molecule has 1 amide bonds. The van der Waals surface area contributed by atoms with Crippen LogP contribution in [0.25, 0.3) is 0 Å². The lowest BCUT2D eigenvalue weighted by Gasteiger charge is -2.26. The molecule has 0 saturated carbocycles. The number of hydrogen-bond acceptors (Lipinski definition) is 7. The summed E-state index contributed by atoms with van der Waals surface area (Å²) in [6.45, 7) is 3.27. The van der Waals surface area contributed by atoms with Crippen LogP contribution in [0.1, 0.15) is 23.2 Å². The number of pyridine rings is 1. The minimum absolute atomic E-state index is 0.0263. The van der Waals surface area contributed by atoms with Gasteiger partial charge in [-0.3, -0.25) is 19.5 Å². The van der Waals surface area contributed by atoms with Crippen LogP contribution in [0.5, 0.6) is 0 Å². The number of carbonyl (C=O) groups excluding carboxylic acids is 2. The number of aromatic nitrogens is 1. The standard InChI is InChI=1S/C21H27N3O3S2/c25-20(12-23-21(26)16-29-15-18-4-8-27-14-18)2-1-19-11-17(3-5-22-19)13-24-6-9-28-10-7-24/h3-5,8,11,14H,1-2,6-7,9-10,12-13,15-16H2,(H,23,26). The number of nitrogens with one attached hydrogen (secondary N) is 1. The predicted molar refractivity (Wildman–Crippen MR) is 118 cm³/mol. The number of rotatable bonds is 11. The summed E-state index contributed by atoms with van der Waals surface area (Å²) in [6, 6.07) is 6.03. The molecule has 1 saturated heterocycles. The molecule has 1 fully saturated rings. The summed E-state index contributed by atoms with van der Waals surface area (Å²) in [5.41, 5.74) is 3.23. The van der Waals surface area contributed by atoms with Crippen LogP contribution < -0.4 is 5.32 Å². The van der Waals surface area contributed by atoms with E-state index in [1.807, 2.05) is 24.0 Å². The fourth-order valence-corrected chi connectivity index (χ4v) is 4.79. The number of ketones is 1. The van der Waals surface area contributed by atoms with Crippen molar-refractivity contribution in [2.24, 2.45) is 0 Å². The van der Waals surface area contributed by atoms with E-state index in [1.54, 1.807) is 12.5 Å². The zero-order valence-electron chi connectivity index (χ0n) is 16.5. The molecule has 1 aliphatic heterocycles. The molecule has 0 bridgehead atoms. The Bertz CT molecular complexity index is 777. The number of furan rings is 1. The Kier molecular flexibility index (Phi) is 9.11. The fraction of sp³-hybridized carbons (Fsp3) is 0.476. The van der Waals surface area contributed by atoms with Crippen molar-refractivity contribution in [2.45, 2.75) is 25.1 Å². The van der Waals surface area contributed by atoms with Gasteiger partial charge in [0.1, 0.15) is 0 Å². The molecule has 0 radical (unpaired) electrons. The maximum atomic E-state index is 12.1. The number of hydrogen-bond donors (Lipinski definition) is 1. The maximum absolute atomic E-state index is 12.1. The highest BCUT2D eigenvalue weighted by Crippen LogP contribution is 2.14. The molecule has 0 atom stereocenters. The van der Waals surface area contributed by atoms with Crippen LogP contribution in [-0.4, -0.2) is 58.5 Å². The summed E-state index contributed by atoms with van der Waals surface area (Å²) in [5.74, 6) is 3.35. The lowest BCUT2D eigenvalue weighted by atomic mass is 10.1. The van der Waals surface area contributed by atoms with E-state index in [0.717, 1.165) is 36.6 Å². The molecule has 3 heterocycles. The first-order chi connectivity index (χ1) is 14.2. The summed E-state index contributed by atoms with van der Waals surface area (Å²) in [4.78, 5) is 30.8. The zero-order chi connectivity index (χ0) is 20.3. The third kappa shape index (κ3) is 8.24. The molecule has 29 heavy (non-hydrogen) atoms. The first kappa shape index (κ1) is 21.9. The van der Waals surface area contributed by atoms with Gasteiger partial charge in [-0.25, -0.2) is 0 Å². The van der Waals surface area contributed by atoms with E-state index in [2.05, 4.69) is 27.3 Å². The quantitative estimate of drug-likeness (QED) is 0.584. The number of nitrogens with zero attached hydrogens (tertiary/aromatic N) is 2. The lowest BCUT2D eigenvalue weighted by molar-refractivity contribution is -0.123. The highest BCUT2D eigenvalue weighted by molar-refractivity contribution is 7.99. The van der Waals surface area contributed by atoms with E-state index >= 15 is 0 Å². The Hall–Kier alpha value is -1.77. The summed E-state index contributed by atoms with van der Waals surface area (Å²) in [7, 11) is 0. The van der Waals surface area contributed by atoms with Crippen molar-refractivity contribution >= 4 is 35.2 Å². The number of Topliss-reactive ketones (excluding diaryl/α,β-unsaturated/α-hetero) is 1. The molecule has 2 aromatic heterocycles. The predicted octanol–water partition coefficient (Wildman–Crippen LogP) is 2.77. The Balaban J connectivity index is 1.32. The van der Waals surface area contributed by atoms with Gasteiger partial charge in [0.15, 0.2) is 5.78 Å². The van der Waals surface area contributed by atoms with Crippen LogP contribution in [0.2, 0.25) is 0 Å². The molecule has 8 heteroatoms. The largest absolute Gasteiger partial charge is 0.472 e. The van der Waals surface area contributed by atoms with Crippen LogP contribution in [0.3, 0.4) is 0 Å². The van der Waals surface area contributed by atoms with Gasteiger partial charge in [0.05, 0.1) is 24.8 Å². The molecular formula is C21H27N3O3S2. The van der Waals surface area contributed by atoms with Gasteiger partial charge in [0.2, 0.25) is 5.91 Å². The SMILES string of the molecule is O=C(CCc1cc(CN2CCSCC2)ccn1)CNC(=O)CSCc1ccoc1. The third-order valence-electron chi connectivity index (χ3n) is 4.62. The van der Waals surface area contributed by atoms with E-state index in [4.69, 9.17) is 4.42 Å². The van der Waals surface area contributed by atoms with Gasteiger partial charge in [-0.2, -0.15) is 11.8 Å². The van der Waals surface area contributed by atoms with Gasteiger partial charge in [0, 0.05) is 60.8 Å². The van der Waals surface area contributed by atoms with Gasteiger partial charge >= 0.3 is 0 Å². The van der Waals surface area contributed by atoms with Crippen molar-refractivity contribution in [3.8, 4) is 0 Å². The van der Waals surface area contributed by atoms with Crippen molar-refractivity contribution in [1.82, 2.24) is 15.2 Å². The third-order valence-corrected chi connectivity index (χ3v) is 6.56. The van der Waals surface area contributed by atoms with Crippen LogP contribution in [0, 0.1) is 0 Å². The van der Waals surface area contributed by atoms with Crippen LogP contribution in [-0.2, 0) is 28.3 Å². The highest BCUT2D eigenvalue weighted by Gasteiger charge is 2.12. The van der Waals surface area contributed by atoms with Gasteiger partial charge in [-0.05, 0) is 30.2 Å². The lowest BCUT2D eigenvalue weighted by Crippen LogP contribution is -2.32. The normalized spacial score (nSPS) is 14.6. The fourth-order valence-electron chi connectivity index (χ4n) is 3.02. The minimum atomic E-state index is -0.119. The van der Waals surface area contributed by atoms with Gasteiger partial charge in [-0.1, -0.05) is 0 Å². The Morgan fingerprint density at radius 2 is 2.10 bits per heavy atom. The van der Waals surface area contributed by atoms with Gasteiger partial charge in [-0.15, -0.1) is 11.8 Å². The van der Waals surface area contributed by atoms with Crippen molar-refractivity contribution in [3.63, 3.8) is 0 Å². The van der Waals surface area contributed by atoms with E-state index in [0.29, 0.717) is 18.6 Å². The Morgan fingerprint density at radius 1 is 1.24 bits per heavy atom. The molecule has 0 spiro atoms. The van der Waals surface area contributed by atoms with Crippen molar-refractivity contribution < 1.29 is 14.0 Å². The zero-order valence-corrected chi connectivity index (χ0v) is 18.1. The second-order valence-electron chi connectivity index (χ2n) is 6.98. The first-order valence-corrected chi connectivity index (χ1v) is 12.1. The topological polar surface area (TPSA) is 75.4 Å². The summed E-state index contributed by atoms with van der Waals surface area (Å²) in [5, 5.41) is 2.70. The Labute approximate surface area is 180 Å². The number of amides is 1. The van der Waals surface area contributed by atoms with Gasteiger partial charge in [0.25, 0.3) is 0 Å². The highest BCUT2D eigenvalue weighted by atomic mass is 32.2. The van der Waals surface area contributed by atoms with E-state index < -0.39 is 0 Å². The molecule has 3 rings (SSSR count). The van der Waals surface area contributed by atoms with Crippen LogP contribution in [0.4, 0.5) is 0 Å². The second kappa shape index (κ2) is 12.0. The molecule has 2 aromatic rings. The molecule has 0 unspecified atom stereocenters. The summed E-state index contributed by atoms with van der Waals surface area (Å²) < 4.78 is 4.99. The van der Waals surface area contributed by atoms with Crippen LogP contribution in [0.15, 0.2) is 41.3 Å². The summed E-state index contributed by atoms with van der Waals surface area (Å²) >= 11 is 3.51. The molecule has 0 aromatic carbocycles.